The minimum atomic E-state index is -0.453. The molecule has 1 aliphatic carbocycles. The Balaban J connectivity index is 1.72. The van der Waals surface area contributed by atoms with E-state index < -0.39 is 5.60 Å². The number of halogens is 2. The predicted octanol–water partition coefficient (Wildman–Crippen LogP) is 3.97. The second-order valence-corrected chi connectivity index (χ2v) is 7.93. The van der Waals surface area contributed by atoms with Crippen molar-refractivity contribution in [3.63, 3.8) is 0 Å². The molecule has 21 heavy (non-hydrogen) atoms. The average Bonchev–Trinajstić information content (AvgIpc) is 3.06. The fraction of sp³-hybridized carbons (Fsp3) is 0.533. The molecule has 0 heterocycles. The van der Waals surface area contributed by atoms with Crippen LogP contribution in [0.5, 0.6) is 0 Å². The van der Waals surface area contributed by atoms with Crippen molar-refractivity contribution in [3.05, 3.63) is 32.7 Å². The monoisotopic (exact) mass is 418 g/mol. The van der Waals surface area contributed by atoms with Crippen LogP contribution in [-0.2, 0) is 11.3 Å². The Morgan fingerprint density at radius 1 is 1.29 bits per heavy atom. The highest BCUT2D eigenvalue weighted by Gasteiger charge is 2.38. The van der Waals surface area contributed by atoms with Gasteiger partial charge in [-0.2, -0.15) is 0 Å². The minimum absolute atomic E-state index is 0.165. The summed E-state index contributed by atoms with van der Waals surface area (Å²) < 4.78 is 7.33. The van der Waals surface area contributed by atoms with Crippen molar-refractivity contribution in [2.45, 2.75) is 51.4 Å². The summed E-state index contributed by atoms with van der Waals surface area (Å²) in [6, 6.07) is 6.65. The molecule has 4 nitrogen and oxygen atoms in total. The van der Waals surface area contributed by atoms with E-state index in [-0.39, 0.29) is 12.1 Å². The lowest BCUT2D eigenvalue weighted by molar-refractivity contribution is 0.0522. The zero-order valence-corrected chi connectivity index (χ0v) is 15.5. The zero-order valence-electron chi connectivity index (χ0n) is 12.4. The first-order valence-electron chi connectivity index (χ1n) is 6.91. The molecule has 0 radical (unpaired) electrons. The largest absolute Gasteiger partial charge is 0.444 e. The summed E-state index contributed by atoms with van der Waals surface area (Å²) >= 11 is 6.95. The normalized spacial score (nSPS) is 21.0. The van der Waals surface area contributed by atoms with Crippen molar-refractivity contribution >= 4 is 38.0 Å². The van der Waals surface area contributed by atoms with Crippen molar-refractivity contribution in [1.82, 2.24) is 10.6 Å². The molecule has 0 bridgehead atoms. The summed E-state index contributed by atoms with van der Waals surface area (Å²) in [6.45, 7) is 6.37. The number of carbonyl (C=O) groups is 1. The van der Waals surface area contributed by atoms with Gasteiger partial charge in [0, 0.05) is 27.6 Å². The summed E-state index contributed by atoms with van der Waals surface area (Å²) in [5.41, 5.74) is 0.749. The molecule has 1 aromatic rings. The SMILES string of the molecule is CC(C)(C)OC(=O)NC1CC1NCc1ccc(Br)c(Br)c1. The highest BCUT2D eigenvalue weighted by atomic mass is 79.9. The highest BCUT2D eigenvalue weighted by molar-refractivity contribution is 9.13. The number of hydrogen-bond donors (Lipinski definition) is 2. The third-order valence-electron chi connectivity index (χ3n) is 3.04. The Morgan fingerprint density at radius 3 is 2.62 bits per heavy atom. The Labute approximate surface area is 142 Å². The molecule has 2 rings (SSSR count). The first-order chi connectivity index (χ1) is 9.74. The standard InChI is InChI=1S/C15H20Br2N2O2/c1-15(2,3)21-14(20)19-13-7-12(13)18-8-9-4-5-10(16)11(17)6-9/h4-6,12-13,18H,7-8H2,1-3H3,(H,19,20). The van der Waals surface area contributed by atoms with Crippen LogP contribution in [0.4, 0.5) is 4.79 Å². The van der Waals surface area contributed by atoms with Gasteiger partial charge in [-0.05, 0) is 76.7 Å². The fourth-order valence-electron chi connectivity index (χ4n) is 1.94. The molecule has 0 saturated heterocycles. The summed E-state index contributed by atoms with van der Waals surface area (Å²) in [6.07, 6.45) is 0.597. The van der Waals surface area contributed by atoms with Crippen molar-refractivity contribution < 1.29 is 9.53 Å². The van der Waals surface area contributed by atoms with Crippen LogP contribution in [0.3, 0.4) is 0 Å². The topological polar surface area (TPSA) is 50.4 Å². The maximum atomic E-state index is 11.6. The van der Waals surface area contributed by atoms with Crippen LogP contribution in [0, 0.1) is 0 Å². The lowest BCUT2D eigenvalue weighted by Gasteiger charge is -2.19. The highest BCUT2D eigenvalue weighted by Crippen LogP contribution is 2.25. The molecule has 2 unspecified atom stereocenters. The summed E-state index contributed by atoms with van der Waals surface area (Å²) in [4.78, 5) is 11.6. The van der Waals surface area contributed by atoms with Crippen molar-refractivity contribution in [3.8, 4) is 0 Å². The minimum Gasteiger partial charge on any atom is -0.444 e. The molecule has 2 atom stereocenters. The van der Waals surface area contributed by atoms with Crippen LogP contribution in [0.15, 0.2) is 27.1 Å². The number of benzene rings is 1. The van der Waals surface area contributed by atoms with E-state index in [9.17, 15) is 4.79 Å². The molecule has 1 aliphatic rings. The average molecular weight is 420 g/mol. The van der Waals surface area contributed by atoms with E-state index in [1.807, 2.05) is 26.8 Å². The van der Waals surface area contributed by atoms with E-state index in [2.05, 4.69) is 54.6 Å². The molecule has 1 aromatic carbocycles. The molecule has 0 aromatic heterocycles. The molecule has 2 N–H and O–H groups in total. The van der Waals surface area contributed by atoms with Crippen LogP contribution in [0.1, 0.15) is 32.8 Å². The first kappa shape index (κ1) is 16.8. The first-order valence-corrected chi connectivity index (χ1v) is 8.50. The number of carbonyl (C=O) groups excluding carboxylic acids is 1. The van der Waals surface area contributed by atoms with Crippen LogP contribution >= 0.6 is 31.9 Å². The van der Waals surface area contributed by atoms with Gasteiger partial charge in [0.05, 0.1) is 0 Å². The van der Waals surface area contributed by atoms with Crippen molar-refractivity contribution in [2.24, 2.45) is 0 Å². The second kappa shape index (κ2) is 6.67. The molecule has 0 spiro atoms. The van der Waals surface area contributed by atoms with Crippen LogP contribution < -0.4 is 10.6 Å². The van der Waals surface area contributed by atoms with E-state index in [1.54, 1.807) is 0 Å². The molecule has 116 valence electrons. The Morgan fingerprint density at radius 2 is 2.00 bits per heavy atom. The summed E-state index contributed by atoms with van der Waals surface area (Å²) in [5, 5.41) is 6.31. The van der Waals surface area contributed by atoms with Crippen molar-refractivity contribution in [2.75, 3.05) is 0 Å². The molecule has 0 aliphatic heterocycles. The molecule has 6 heteroatoms. The van der Waals surface area contributed by atoms with Gasteiger partial charge >= 0.3 is 6.09 Å². The molecule has 1 fully saturated rings. The zero-order chi connectivity index (χ0) is 15.6. The third kappa shape index (κ3) is 5.60. The van der Waals surface area contributed by atoms with E-state index in [4.69, 9.17) is 4.74 Å². The smallest absolute Gasteiger partial charge is 0.407 e. The van der Waals surface area contributed by atoms with Crippen molar-refractivity contribution in [1.29, 1.82) is 0 Å². The Bertz CT molecular complexity index is 529. The van der Waals surface area contributed by atoms with Gasteiger partial charge in [0.1, 0.15) is 5.60 Å². The number of ether oxygens (including phenoxy) is 1. The Hall–Kier alpha value is -0.590. The number of hydrogen-bond acceptors (Lipinski definition) is 3. The summed E-state index contributed by atoms with van der Waals surface area (Å²) in [5.74, 6) is 0. The lowest BCUT2D eigenvalue weighted by Crippen LogP contribution is -2.36. The number of rotatable bonds is 4. The molecular weight excluding hydrogens is 400 g/mol. The van der Waals surface area contributed by atoms with E-state index in [0.717, 1.165) is 21.9 Å². The van der Waals surface area contributed by atoms with E-state index in [1.165, 1.54) is 5.56 Å². The van der Waals surface area contributed by atoms with E-state index in [0.29, 0.717) is 6.04 Å². The van der Waals surface area contributed by atoms with Gasteiger partial charge in [-0.1, -0.05) is 6.07 Å². The van der Waals surface area contributed by atoms with E-state index >= 15 is 0 Å². The van der Waals surface area contributed by atoms with Gasteiger partial charge in [-0.3, -0.25) is 0 Å². The molecule has 1 saturated carbocycles. The molecule has 1 amide bonds. The van der Waals surface area contributed by atoms with Crippen LogP contribution in [-0.4, -0.2) is 23.8 Å². The third-order valence-corrected chi connectivity index (χ3v) is 4.92. The van der Waals surface area contributed by atoms with Gasteiger partial charge in [-0.25, -0.2) is 4.79 Å². The maximum Gasteiger partial charge on any atom is 0.407 e. The fourth-order valence-corrected chi connectivity index (χ4v) is 2.61. The number of nitrogens with one attached hydrogen (secondary N) is 2. The van der Waals surface area contributed by atoms with Gasteiger partial charge in [-0.15, -0.1) is 0 Å². The van der Waals surface area contributed by atoms with Crippen LogP contribution in [0.25, 0.3) is 0 Å². The Kier molecular flexibility index (Phi) is 5.33. The second-order valence-electron chi connectivity index (χ2n) is 6.22. The number of amides is 1. The van der Waals surface area contributed by atoms with Gasteiger partial charge in [0.15, 0.2) is 0 Å². The summed E-state index contributed by atoms with van der Waals surface area (Å²) in [7, 11) is 0. The number of alkyl carbamates (subject to hydrolysis) is 1. The maximum absolute atomic E-state index is 11.6. The van der Waals surface area contributed by atoms with Crippen LogP contribution in [0.2, 0.25) is 0 Å². The van der Waals surface area contributed by atoms with Gasteiger partial charge < -0.3 is 15.4 Å². The molecular formula is C15H20Br2N2O2. The van der Waals surface area contributed by atoms with Gasteiger partial charge in [0.2, 0.25) is 0 Å². The predicted molar refractivity (Wildman–Crippen MR) is 90.2 cm³/mol. The van der Waals surface area contributed by atoms with Gasteiger partial charge in [0.25, 0.3) is 0 Å². The quantitative estimate of drug-likeness (QED) is 0.776. The lowest BCUT2D eigenvalue weighted by atomic mass is 10.2.